The Morgan fingerprint density at radius 3 is 2.33 bits per heavy atom. The smallest absolute Gasteiger partial charge is 0.446 e. The van der Waals surface area contributed by atoms with Gasteiger partial charge in [-0.25, -0.2) is 4.79 Å². The highest BCUT2D eigenvalue weighted by Gasteiger charge is 2.29. The van der Waals surface area contributed by atoms with Gasteiger partial charge < -0.3 is 9.84 Å². The molecule has 0 aliphatic rings. The van der Waals surface area contributed by atoms with E-state index in [0.717, 1.165) is 0 Å². The van der Waals surface area contributed by atoms with E-state index in [9.17, 15) is 18.0 Å². The van der Waals surface area contributed by atoms with Crippen LogP contribution in [-0.2, 0) is 9.53 Å². The molecular weight excluding hydrogens is 269 g/mol. The lowest BCUT2D eigenvalue weighted by molar-refractivity contribution is -0.150. The van der Waals surface area contributed by atoms with Gasteiger partial charge in [-0.2, -0.15) is 13.2 Å². The molecule has 0 spiro atoms. The number of halogens is 3. The summed E-state index contributed by atoms with van der Waals surface area (Å²) < 4.78 is 41.3. The van der Waals surface area contributed by atoms with Crippen molar-refractivity contribution >= 4 is 17.7 Å². The third-order valence-corrected chi connectivity index (χ3v) is 2.71. The van der Waals surface area contributed by atoms with Crippen molar-refractivity contribution in [1.82, 2.24) is 0 Å². The van der Waals surface area contributed by atoms with Crippen molar-refractivity contribution in [2.24, 2.45) is 0 Å². The van der Waals surface area contributed by atoms with Crippen LogP contribution in [0.1, 0.15) is 18.6 Å². The third kappa shape index (κ3) is 4.58. The lowest BCUT2D eigenvalue weighted by atomic mass is 10.1. The predicted molar refractivity (Wildman–Crippen MR) is 60.4 cm³/mol. The molecule has 0 saturated heterocycles. The second kappa shape index (κ2) is 6.10. The fourth-order valence-corrected chi connectivity index (χ4v) is 1.86. The maximum absolute atomic E-state index is 12.1. The van der Waals surface area contributed by atoms with Crippen LogP contribution in [0.3, 0.4) is 0 Å². The first-order valence-corrected chi connectivity index (χ1v) is 5.85. The summed E-state index contributed by atoms with van der Waals surface area (Å²) in [7, 11) is 0. The average Bonchev–Trinajstić information content (AvgIpc) is 2.25. The minimum absolute atomic E-state index is 0.00638. The fraction of sp³-hybridized carbons (Fsp3) is 0.364. The first-order chi connectivity index (χ1) is 8.33. The Morgan fingerprint density at radius 2 is 1.94 bits per heavy atom. The summed E-state index contributed by atoms with van der Waals surface area (Å²) in [5.74, 6) is -1.17. The molecule has 1 aromatic carbocycles. The molecule has 0 saturated carbocycles. The van der Waals surface area contributed by atoms with Crippen molar-refractivity contribution in [3.8, 4) is 0 Å². The zero-order valence-corrected chi connectivity index (χ0v) is 10.2. The molecule has 0 bridgehead atoms. The van der Waals surface area contributed by atoms with E-state index in [1.165, 1.54) is 24.3 Å². The molecule has 1 atom stereocenters. The minimum Gasteiger partial charge on any atom is -0.479 e. The van der Waals surface area contributed by atoms with Crippen molar-refractivity contribution in [2.45, 2.75) is 23.4 Å². The summed E-state index contributed by atoms with van der Waals surface area (Å²) in [6.07, 6.45) is -1.15. The number of carboxylic acid groups (broad SMARTS) is 1. The summed E-state index contributed by atoms with van der Waals surface area (Å²) in [6, 6.07) is 5.09. The molecule has 0 radical (unpaired) electrons. The maximum atomic E-state index is 12.1. The molecule has 1 N–H and O–H groups in total. The second-order valence-corrected chi connectivity index (χ2v) is 4.43. The normalized spacial score (nSPS) is 13.3. The van der Waals surface area contributed by atoms with E-state index in [-0.39, 0.29) is 23.3 Å². The van der Waals surface area contributed by atoms with E-state index >= 15 is 0 Å². The highest BCUT2D eigenvalue weighted by atomic mass is 32.2. The van der Waals surface area contributed by atoms with Crippen LogP contribution >= 0.6 is 11.8 Å². The monoisotopic (exact) mass is 280 g/mol. The van der Waals surface area contributed by atoms with Gasteiger partial charge in [-0.05, 0) is 36.4 Å². The van der Waals surface area contributed by atoms with Gasteiger partial charge in [0.05, 0.1) is 0 Å². The van der Waals surface area contributed by atoms with Gasteiger partial charge >= 0.3 is 11.5 Å². The first kappa shape index (κ1) is 14.8. The van der Waals surface area contributed by atoms with Crippen LogP contribution < -0.4 is 0 Å². The minimum atomic E-state index is -4.35. The first-order valence-electron chi connectivity index (χ1n) is 5.03. The van der Waals surface area contributed by atoms with Crippen molar-refractivity contribution in [3.05, 3.63) is 29.8 Å². The van der Waals surface area contributed by atoms with Gasteiger partial charge in [0.15, 0.2) is 6.10 Å². The molecular formula is C11H11F3O3S. The van der Waals surface area contributed by atoms with Crippen molar-refractivity contribution in [3.63, 3.8) is 0 Å². The standard InChI is InChI=1S/C11H11F3O3S/c1-2-17-9(10(15)16)7-3-5-8(6-4-7)18-11(12,13)14/h3-6,9H,2H2,1H3,(H,15,16). The molecule has 7 heteroatoms. The van der Waals surface area contributed by atoms with Crippen LogP contribution in [0, 0.1) is 0 Å². The van der Waals surface area contributed by atoms with E-state index < -0.39 is 17.6 Å². The Balaban J connectivity index is 2.83. The van der Waals surface area contributed by atoms with Crippen LogP contribution in [0.2, 0.25) is 0 Å². The Bertz CT molecular complexity index is 403. The van der Waals surface area contributed by atoms with Crippen LogP contribution in [0.4, 0.5) is 13.2 Å². The SMILES string of the molecule is CCOC(C(=O)O)c1ccc(SC(F)(F)F)cc1. The summed E-state index contributed by atoms with van der Waals surface area (Å²) in [4.78, 5) is 10.9. The number of rotatable bonds is 5. The number of alkyl halides is 3. The zero-order valence-electron chi connectivity index (χ0n) is 9.40. The number of hydrogen-bond donors (Lipinski definition) is 1. The van der Waals surface area contributed by atoms with E-state index in [1.807, 2.05) is 0 Å². The number of ether oxygens (including phenoxy) is 1. The van der Waals surface area contributed by atoms with Gasteiger partial charge in [0, 0.05) is 11.5 Å². The van der Waals surface area contributed by atoms with Gasteiger partial charge in [-0.3, -0.25) is 0 Å². The van der Waals surface area contributed by atoms with Crippen molar-refractivity contribution in [2.75, 3.05) is 6.61 Å². The lowest BCUT2D eigenvalue weighted by Gasteiger charge is -2.13. The summed E-state index contributed by atoms with van der Waals surface area (Å²) >= 11 is -0.245. The average molecular weight is 280 g/mol. The third-order valence-electron chi connectivity index (χ3n) is 1.97. The van der Waals surface area contributed by atoms with E-state index in [1.54, 1.807) is 6.92 Å². The number of thioether (sulfide) groups is 1. The molecule has 0 aliphatic carbocycles. The van der Waals surface area contributed by atoms with Crippen molar-refractivity contribution < 1.29 is 27.8 Å². The predicted octanol–water partition coefficient (Wildman–Crippen LogP) is 3.46. The molecule has 1 rings (SSSR count). The lowest BCUT2D eigenvalue weighted by Crippen LogP contribution is -2.15. The second-order valence-electron chi connectivity index (χ2n) is 3.29. The molecule has 0 aliphatic heterocycles. The zero-order chi connectivity index (χ0) is 13.8. The maximum Gasteiger partial charge on any atom is 0.446 e. The number of aliphatic carboxylic acids is 1. The highest BCUT2D eigenvalue weighted by molar-refractivity contribution is 8.00. The van der Waals surface area contributed by atoms with Gasteiger partial charge in [-0.1, -0.05) is 12.1 Å². The van der Waals surface area contributed by atoms with Crippen molar-refractivity contribution in [1.29, 1.82) is 0 Å². The summed E-state index contributed by atoms with van der Waals surface area (Å²) in [5, 5.41) is 8.90. The molecule has 18 heavy (non-hydrogen) atoms. The molecule has 3 nitrogen and oxygen atoms in total. The molecule has 0 heterocycles. The van der Waals surface area contributed by atoms with Gasteiger partial charge in [0.2, 0.25) is 0 Å². The Kier molecular flexibility index (Phi) is 5.03. The molecule has 1 aromatic rings. The number of benzene rings is 1. The van der Waals surface area contributed by atoms with Gasteiger partial charge in [-0.15, -0.1) is 0 Å². The van der Waals surface area contributed by atoms with Gasteiger partial charge in [0.25, 0.3) is 0 Å². The molecule has 0 amide bonds. The topological polar surface area (TPSA) is 46.5 Å². The quantitative estimate of drug-likeness (QED) is 0.839. The molecule has 0 fully saturated rings. The number of carboxylic acids is 1. The summed E-state index contributed by atoms with van der Waals surface area (Å²) in [5.41, 5.74) is -4.04. The van der Waals surface area contributed by atoms with Crippen LogP contribution in [0.25, 0.3) is 0 Å². The number of hydrogen-bond acceptors (Lipinski definition) is 3. The van der Waals surface area contributed by atoms with E-state index in [0.29, 0.717) is 5.56 Å². The molecule has 100 valence electrons. The molecule has 1 unspecified atom stereocenters. The summed E-state index contributed by atoms with van der Waals surface area (Å²) in [6.45, 7) is 1.85. The number of carbonyl (C=O) groups is 1. The van der Waals surface area contributed by atoms with E-state index in [2.05, 4.69) is 0 Å². The Labute approximate surface area is 106 Å². The van der Waals surface area contributed by atoms with Crippen LogP contribution in [0.5, 0.6) is 0 Å². The Hall–Kier alpha value is -1.21. The largest absolute Gasteiger partial charge is 0.479 e. The fourth-order valence-electron chi connectivity index (χ4n) is 1.32. The molecule has 0 aromatic heterocycles. The van der Waals surface area contributed by atoms with Crippen LogP contribution in [0.15, 0.2) is 29.2 Å². The van der Waals surface area contributed by atoms with Gasteiger partial charge in [0.1, 0.15) is 0 Å². The van der Waals surface area contributed by atoms with Crippen LogP contribution in [-0.4, -0.2) is 23.2 Å². The van der Waals surface area contributed by atoms with E-state index in [4.69, 9.17) is 9.84 Å². The highest BCUT2D eigenvalue weighted by Crippen LogP contribution is 2.37. The Morgan fingerprint density at radius 1 is 1.39 bits per heavy atom.